The highest BCUT2D eigenvalue weighted by atomic mass is 16.7. The Morgan fingerprint density at radius 1 is 1.46 bits per heavy atom. The molecule has 2 aliphatic heterocycles. The van der Waals surface area contributed by atoms with Gasteiger partial charge in [0.25, 0.3) is 0 Å². The summed E-state index contributed by atoms with van der Waals surface area (Å²) in [6.45, 7) is 5.08. The van der Waals surface area contributed by atoms with Crippen molar-refractivity contribution in [2.45, 2.75) is 63.3 Å². The summed E-state index contributed by atoms with van der Waals surface area (Å²) >= 11 is 0. The van der Waals surface area contributed by atoms with E-state index in [0.717, 1.165) is 0 Å². The van der Waals surface area contributed by atoms with Crippen LogP contribution in [0.15, 0.2) is 11.6 Å². The lowest BCUT2D eigenvalue weighted by molar-refractivity contribution is -0.262. The van der Waals surface area contributed by atoms with E-state index in [-0.39, 0.29) is 6.61 Å². The van der Waals surface area contributed by atoms with Gasteiger partial charge in [-0.3, -0.25) is 4.79 Å². The molecule has 2 bridgehead atoms. The van der Waals surface area contributed by atoms with Gasteiger partial charge in [0.1, 0.15) is 23.9 Å². The standard InChI is InChI=1S/C17H24O7/c1-8-4-11-16(6-18,13(21)12(8)20)15(3)5-10(23-9(2)19)14(24-11)17(15)7-22-17/h4,10-14,18,20-21H,5-7H2,1-3H3/t10-,11-,12-,13-,14-,15-,16-,17+/m1/s1. The Morgan fingerprint density at radius 3 is 2.67 bits per heavy atom. The highest BCUT2D eigenvalue weighted by Crippen LogP contribution is 2.71. The van der Waals surface area contributed by atoms with Crippen molar-refractivity contribution in [1.29, 1.82) is 0 Å². The van der Waals surface area contributed by atoms with Gasteiger partial charge in [-0.1, -0.05) is 13.0 Å². The fourth-order valence-corrected chi connectivity index (χ4v) is 5.46. The molecule has 2 heterocycles. The highest BCUT2D eigenvalue weighted by molar-refractivity contribution is 5.66. The molecule has 8 atom stereocenters. The van der Waals surface area contributed by atoms with Gasteiger partial charge in [-0.15, -0.1) is 0 Å². The smallest absolute Gasteiger partial charge is 0.302 e. The summed E-state index contributed by atoms with van der Waals surface area (Å²) in [7, 11) is 0. The van der Waals surface area contributed by atoms with Crippen molar-refractivity contribution in [1.82, 2.24) is 0 Å². The summed E-state index contributed by atoms with van der Waals surface area (Å²) in [5.41, 5.74) is -1.91. The molecule has 7 heteroatoms. The van der Waals surface area contributed by atoms with E-state index in [0.29, 0.717) is 18.6 Å². The molecule has 0 aromatic carbocycles. The summed E-state index contributed by atoms with van der Waals surface area (Å²) in [5.74, 6) is -0.399. The summed E-state index contributed by atoms with van der Waals surface area (Å²) < 4.78 is 17.5. The van der Waals surface area contributed by atoms with Crippen LogP contribution in [-0.2, 0) is 19.0 Å². The van der Waals surface area contributed by atoms with Crippen LogP contribution in [0.5, 0.6) is 0 Å². The number of carbonyl (C=O) groups excluding carboxylic acids is 1. The Balaban J connectivity index is 1.86. The molecule has 2 saturated heterocycles. The Kier molecular flexibility index (Phi) is 3.29. The predicted molar refractivity (Wildman–Crippen MR) is 80.9 cm³/mol. The molecule has 0 unspecified atom stereocenters. The maximum Gasteiger partial charge on any atom is 0.302 e. The number of hydrogen-bond donors (Lipinski definition) is 3. The molecule has 7 nitrogen and oxygen atoms in total. The summed E-state index contributed by atoms with van der Waals surface area (Å²) in [6, 6.07) is 0. The minimum Gasteiger partial charge on any atom is -0.460 e. The Hall–Kier alpha value is -0.990. The fourth-order valence-electron chi connectivity index (χ4n) is 5.46. The van der Waals surface area contributed by atoms with Gasteiger partial charge in [-0.25, -0.2) is 0 Å². The molecule has 0 aromatic rings. The first-order chi connectivity index (χ1) is 11.2. The highest BCUT2D eigenvalue weighted by Gasteiger charge is 2.83. The zero-order valence-corrected chi connectivity index (χ0v) is 14.1. The minimum atomic E-state index is -1.19. The van der Waals surface area contributed by atoms with Crippen molar-refractivity contribution in [2.75, 3.05) is 13.2 Å². The number of carbonyl (C=O) groups is 1. The molecular weight excluding hydrogens is 316 g/mol. The van der Waals surface area contributed by atoms with Crippen LogP contribution in [0, 0.1) is 10.8 Å². The molecule has 3 N–H and O–H groups in total. The third-order valence-corrected chi connectivity index (χ3v) is 6.91. The van der Waals surface area contributed by atoms with Crippen LogP contribution < -0.4 is 0 Å². The third-order valence-electron chi connectivity index (χ3n) is 6.91. The zero-order chi connectivity index (χ0) is 17.5. The van der Waals surface area contributed by atoms with Crippen molar-refractivity contribution in [3.63, 3.8) is 0 Å². The largest absolute Gasteiger partial charge is 0.460 e. The van der Waals surface area contributed by atoms with Crippen molar-refractivity contribution in [3.8, 4) is 0 Å². The zero-order valence-electron chi connectivity index (χ0n) is 14.1. The molecule has 2 aliphatic carbocycles. The lowest BCUT2D eigenvalue weighted by atomic mass is 9.50. The quantitative estimate of drug-likeness (QED) is 0.354. The number of rotatable bonds is 2. The molecule has 3 fully saturated rings. The van der Waals surface area contributed by atoms with Gasteiger partial charge in [0, 0.05) is 12.3 Å². The van der Waals surface area contributed by atoms with Crippen LogP contribution in [0.25, 0.3) is 0 Å². The number of aliphatic hydroxyl groups is 3. The number of fused-ring (bicyclic) bond motifs is 2. The molecule has 4 aliphatic rings. The van der Waals surface area contributed by atoms with Gasteiger partial charge >= 0.3 is 5.97 Å². The van der Waals surface area contributed by atoms with Crippen LogP contribution in [0.1, 0.15) is 27.2 Å². The molecular formula is C17H24O7. The lowest BCUT2D eigenvalue weighted by Crippen LogP contribution is -2.71. The number of esters is 1. The first kappa shape index (κ1) is 16.5. The van der Waals surface area contributed by atoms with Crippen LogP contribution in [0.3, 0.4) is 0 Å². The molecule has 0 amide bonds. The molecule has 1 saturated carbocycles. The average Bonchev–Trinajstić information content (AvgIpc) is 3.27. The first-order valence-corrected chi connectivity index (χ1v) is 8.35. The number of aliphatic hydroxyl groups excluding tert-OH is 3. The van der Waals surface area contributed by atoms with Crippen LogP contribution in [0.2, 0.25) is 0 Å². The lowest BCUT2D eigenvalue weighted by Gasteiger charge is -2.59. The average molecular weight is 340 g/mol. The SMILES string of the molecule is CC(=O)O[C@@H]1C[C@]2(C)[C@@]3(CO)[C@H](O)[C@H](O)C(C)=C[C@H]3O[C@H]1[C@@]21CO1. The minimum absolute atomic E-state index is 0.360. The normalized spacial score (nSPS) is 55.1. The number of ether oxygens (including phenoxy) is 3. The van der Waals surface area contributed by atoms with Crippen molar-refractivity contribution in [2.24, 2.45) is 10.8 Å². The van der Waals surface area contributed by atoms with Gasteiger partial charge in [0.05, 0.1) is 30.8 Å². The first-order valence-electron chi connectivity index (χ1n) is 8.35. The molecule has 24 heavy (non-hydrogen) atoms. The van der Waals surface area contributed by atoms with E-state index in [1.54, 1.807) is 13.0 Å². The summed E-state index contributed by atoms with van der Waals surface area (Å²) in [5, 5.41) is 31.6. The van der Waals surface area contributed by atoms with E-state index in [9.17, 15) is 20.1 Å². The van der Waals surface area contributed by atoms with Crippen molar-refractivity contribution >= 4 is 5.97 Å². The van der Waals surface area contributed by atoms with Crippen molar-refractivity contribution in [3.05, 3.63) is 11.6 Å². The van der Waals surface area contributed by atoms with Gasteiger partial charge in [-0.2, -0.15) is 0 Å². The molecule has 4 rings (SSSR count). The molecule has 1 spiro atoms. The maximum atomic E-state index is 11.5. The van der Waals surface area contributed by atoms with Crippen molar-refractivity contribution < 1.29 is 34.3 Å². The molecule has 134 valence electrons. The Labute approximate surface area is 140 Å². The van der Waals surface area contributed by atoms with Gasteiger partial charge in [0.2, 0.25) is 0 Å². The fraction of sp³-hybridized carbons (Fsp3) is 0.824. The summed E-state index contributed by atoms with van der Waals surface area (Å²) in [4.78, 5) is 11.5. The van der Waals surface area contributed by atoms with Crippen LogP contribution in [-0.4, -0.2) is 70.6 Å². The van der Waals surface area contributed by atoms with E-state index < -0.39 is 52.9 Å². The second kappa shape index (κ2) is 4.80. The maximum absolute atomic E-state index is 11.5. The number of hydrogen-bond acceptors (Lipinski definition) is 7. The van der Waals surface area contributed by atoms with Gasteiger partial charge < -0.3 is 29.5 Å². The third kappa shape index (κ3) is 1.62. The second-order valence-electron chi connectivity index (χ2n) is 7.84. The van der Waals surface area contributed by atoms with E-state index in [2.05, 4.69) is 0 Å². The van der Waals surface area contributed by atoms with E-state index in [1.807, 2.05) is 6.92 Å². The predicted octanol–water partition coefficient (Wildman–Crippen LogP) is -0.475. The van der Waals surface area contributed by atoms with E-state index >= 15 is 0 Å². The van der Waals surface area contributed by atoms with Crippen LogP contribution in [0.4, 0.5) is 0 Å². The number of epoxide rings is 1. The van der Waals surface area contributed by atoms with Crippen LogP contribution >= 0.6 is 0 Å². The Morgan fingerprint density at radius 2 is 2.12 bits per heavy atom. The van der Waals surface area contributed by atoms with Gasteiger partial charge in [0.15, 0.2) is 0 Å². The topological polar surface area (TPSA) is 109 Å². The van der Waals surface area contributed by atoms with E-state index in [1.165, 1.54) is 6.92 Å². The van der Waals surface area contributed by atoms with Gasteiger partial charge in [-0.05, 0) is 18.9 Å². The molecule has 0 radical (unpaired) electrons. The molecule has 0 aromatic heterocycles. The van der Waals surface area contributed by atoms with E-state index in [4.69, 9.17) is 14.2 Å². The monoisotopic (exact) mass is 340 g/mol. The summed E-state index contributed by atoms with van der Waals surface area (Å²) in [6.07, 6.45) is -1.61. The Bertz CT molecular complexity index is 612. The second-order valence-corrected chi connectivity index (χ2v) is 7.84.